The SMILES string of the molecule is CCSCCC(C)NC(=O)NC(=O)C(C)=C(C)C(=O)O. The molecule has 0 radical (unpaired) electrons. The number of hydrogen-bond donors (Lipinski definition) is 3. The fourth-order valence-corrected chi connectivity index (χ4v) is 2.07. The lowest BCUT2D eigenvalue weighted by atomic mass is 10.1. The molecule has 0 rings (SSSR count). The van der Waals surface area contributed by atoms with Crippen molar-refractivity contribution in [3.8, 4) is 0 Å². The number of carboxylic acids is 1. The van der Waals surface area contributed by atoms with Gasteiger partial charge in [0.2, 0.25) is 0 Å². The third-order valence-electron chi connectivity index (χ3n) is 2.73. The zero-order chi connectivity index (χ0) is 15.7. The Hall–Kier alpha value is -1.50. The van der Waals surface area contributed by atoms with Gasteiger partial charge >= 0.3 is 12.0 Å². The molecule has 0 aromatic carbocycles. The van der Waals surface area contributed by atoms with E-state index in [1.807, 2.05) is 6.92 Å². The Bertz CT molecular complexity index is 407. The molecular weight excluding hydrogens is 280 g/mol. The molecule has 114 valence electrons. The average molecular weight is 302 g/mol. The second-order valence-corrected chi connectivity index (χ2v) is 5.76. The summed E-state index contributed by atoms with van der Waals surface area (Å²) in [6, 6.07) is -0.659. The second kappa shape index (κ2) is 9.41. The van der Waals surface area contributed by atoms with Crippen LogP contribution < -0.4 is 10.6 Å². The quantitative estimate of drug-likeness (QED) is 0.492. The standard InChI is InChI=1S/C13H22N2O4S/c1-5-20-7-6-8(2)14-13(19)15-11(16)9(3)10(4)12(17)18/h8H,5-7H2,1-4H3,(H,17,18)(H2,14,15,16,19). The van der Waals surface area contributed by atoms with E-state index in [0.29, 0.717) is 0 Å². The molecule has 0 heterocycles. The molecule has 7 heteroatoms. The Morgan fingerprint density at radius 3 is 2.30 bits per heavy atom. The van der Waals surface area contributed by atoms with Crippen molar-refractivity contribution in [1.82, 2.24) is 10.6 Å². The largest absolute Gasteiger partial charge is 0.478 e. The Kier molecular flexibility index (Phi) is 8.71. The molecule has 0 aliphatic rings. The maximum Gasteiger partial charge on any atom is 0.331 e. The zero-order valence-electron chi connectivity index (χ0n) is 12.3. The molecule has 0 aliphatic heterocycles. The fraction of sp³-hybridized carbons (Fsp3) is 0.615. The Morgan fingerprint density at radius 1 is 1.20 bits per heavy atom. The lowest BCUT2D eigenvalue weighted by molar-refractivity contribution is -0.133. The first kappa shape index (κ1) is 18.5. The van der Waals surface area contributed by atoms with Crippen LogP contribution in [0.3, 0.4) is 0 Å². The predicted octanol–water partition coefficient (Wildman–Crippen LogP) is 1.76. The van der Waals surface area contributed by atoms with Crippen LogP contribution in [0.1, 0.15) is 34.1 Å². The highest BCUT2D eigenvalue weighted by Gasteiger charge is 2.16. The van der Waals surface area contributed by atoms with E-state index >= 15 is 0 Å². The maximum atomic E-state index is 11.6. The highest BCUT2D eigenvalue weighted by atomic mass is 32.2. The molecule has 0 aromatic heterocycles. The molecule has 20 heavy (non-hydrogen) atoms. The first-order valence-electron chi connectivity index (χ1n) is 6.39. The summed E-state index contributed by atoms with van der Waals surface area (Å²) in [5.41, 5.74) is -0.0652. The van der Waals surface area contributed by atoms with Gasteiger partial charge in [0.05, 0.1) is 0 Å². The molecule has 3 amide bonds. The Balaban J connectivity index is 4.30. The third-order valence-corrected chi connectivity index (χ3v) is 3.66. The van der Waals surface area contributed by atoms with Crippen LogP contribution in [0.25, 0.3) is 0 Å². The molecule has 3 N–H and O–H groups in total. The van der Waals surface area contributed by atoms with Crippen molar-refractivity contribution in [3.63, 3.8) is 0 Å². The van der Waals surface area contributed by atoms with Crippen LogP contribution in [0.15, 0.2) is 11.1 Å². The number of nitrogens with one attached hydrogen (secondary N) is 2. The van der Waals surface area contributed by atoms with Crippen LogP contribution in [-0.4, -0.2) is 40.6 Å². The molecule has 0 aliphatic carbocycles. The van der Waals surface area contributed by atoms with Crippen molar-refractivity contribution in [2.45, 2.75) is 40.2 Å². The van der Waals surface area contributed by atoms with Crippen molar-refractivity contribution >= 4 is 29.7 Å². The monoisotopic (exact) mass is 302 g/mol. The molecule has 0 saturated carbocycles. The number of amides is 3. The van der Waals surface area contributed by atoms with Crippen molar-refractivity contribution in [3.05, 3.63) is 11.1 Å². The first-order valence-corrected chi connectivity index (χ1v) is 7.55. The van der Waals surface area contributed by atoms with Crippen LogP contribution in [0.5, 0.6) is 0 Å². The molecular formula is C13H22N2O4S. The van der Waals surface area contributed by atoms with Gasteiger partial charge in [0.15, 0.2) is 0 Å². The smallest absolute Gasteiger partial charge is 0.331 e. The molecule has 0 spiro atoms. The Labute approximate surface area is 123 Å². The summed E-state index contributed by atoms with van der Waals surface area (Å²) in [6.07, 6.45) is 0.809. The molecule has 0 bridgehead atoms. The molecule has 1 unspecified atom stereocenters. The number of carbonyl (C=O) groups is 3. The van der Waals surface area contributed by atoms with E-state index in [2.05, 4.69) is 17.6 Å². The van der Waals surface area contributed by atoms with Gasteiger partial charge in [-0.05, 0) is 38.7 Å². The molecule has 0 fully saturated rings. The molecule has 1 atom stereocenters. The van der Waals surface area contributed by atoms with Crippen molar-refractivity contribution in [2.24, 2.45) is 0 Å². The maximum absolute atomic E-state index is 11.6. The van der Waals surface area contributed by atoms with Gasteiger partial charge in [-0.1, -0.05) is 6.92 Å². The predicted molar refractivity (Wildman–Crippen MR) is 79.8 cm³/mol. The molecule has 0 saturated heterocycles. The van der Waals surface area contributed by atoms with Gasteiger partial charge in [0.1, 0.15) is 0 Å². The summed E-state index contributed by atoms with van der Waals surface area (Å²) in [5.74, 6) is 0.0827. The lowest BCUT2D eigenvalue weighted by Crippen LogP contribution is -2.44. The number of rotatable bonds is 7. The normalized spacial score (nSPS) is 13.2. The summed E-state index contributed by atoms with van der Waals surface area (Å²) in [5, 5.41) is 13.5. The lowest BCUT2D eigenvalue weighted by Gasteiger charge is -2.14. The van der Waals surface area contributed by atoms with E-state index < -0.39 is 17.9 Å². The van der Waals surface area contributed by atoms with E-state index in [4.69, 9.17) is 5.11 Å². The number of urea groups is 1. The Morgan fingerprint density at radius 2 is 1.80 bits per heavy atom. The van der Waals surface area contributed by atoms with E-state index in [1.54, 1.807) is 11.8 Å². The van der Waals surface area contributed by atoms with Crippen LogP contribution in [0.2, 0.25) is 0 Å². The van der Waals surface area contributed by atoms with Crippen LogP contribution in [-0.2, 0) is 9.59 Å². The van der Waals surface area contributed by atoms with Gasteiger partial charge in [-0.15, -0.1) is 0 Å². The van der Waals surface area contributed by atoms with Crippen molar-refractivity contribution in [2.75, 3.05) is 11.5 Å². The molecule has 0 aromatic rings. The van der Waals surface area contributed by atoms with Gasteiger partial charge in [-0.25, -0.2) is 9.59 Å². The minimum atomic E-state index is -1.18. The van der Waals surface area contributed by atoms with Gasteiger partial charge < -0.3 is 10.4 Å². The minimum Gasteiger partial charge on any atom is -0.478 e. The fourth-order valence-electron chi connectivity index (χ4n) is 1.26. The van der Waals surface area contributed by atoms with Gasteiger partial charge in [-0.3, -0.25) is 10.1 Å². The third kappa shape index (κ3) is 7.18. The molecule has 6 nitrogen and oxygen atoms in total. The van der Waals surface area contributed by atoms with E-state index in [1.165, 1.54) is 13.8 Å². The highest BCUT2D eigenvalue weighted by molar-refractivity contribution is 7.99. The zero-order valence-corrected chi connectivity index (χ0v) is 13.1. The highest BCUT2D eigenvalue weighted by Crippen LogP contribution is 2.05. The number of hydrogen-bond acceptors (Lipinski definition) is 4. The van der Waals surface area contributed by atoms with E-state index in [9.17, 15) is 14.4 Å². The second-order valence-electron chi connectivity index (χ2n) is 4.37. The van der Waals surface area contributed by atoms with E-state index in [0.717, 1.165) is 17.9 Å². The number of carboxylic acid groups (broad SMARTS) is 1. The van der Waals surface area contributed by atoms with Crippen molar-refractivity contribution < 1.29 is 19.5 Å². The number of carbonyl (C=O) groups excluding carboxylic acids is 2. The summed E-state index contributed by atoms with van der Waals surface area (Å²) in [6.45, 7) is 6.60. The minimum absolute atomic E-state index is 0.0156. The van der Waals surface area contributed by atoms with Gasteiger partial charge in [0.25, 0.3) is 5.91 Å². The summed E-state index contributed by atoms with van der Waals surface area (Å²) in [4.78, 5) is 33.9. The summed E-state index contributed by atoms with van der Waals surface area (Å²) >= 11 is 1.78. The first-order chi connectivity index (χ1) is 9.29. The van der Waals surface area contributed by atoms with E-state index in [-0.39, 0.29) is 17.2 Å². The topological polar surface area (TPSA) is 95.5 Å². The number of imide groups is 1. The van der Waals surface area contributed by atoms with Gasteiger partial charge in [-0.2, -0.15) is 11.8 Å². The number of aliphatic carboxylic acids is 1. The average Bonchev–Trinajstić information content (AvgIpc) is 2.36. The van der Waals surface area contributed by atoms with Crippen LogP contribution >= 0.6 is 11.8 Å². The van der Waals surface area contributed by atoms with Gasteiger partial charge in [0, 0.05) is 17.2 Å². The number of thioether (sulfide) groups is 1. The van der Waals surface area contributed by atoms with Crippen LogP contribution in [0.4, 0.5) is 4.79 Å². The van der Waals surface area contributed by atoms with Crippen molar-refractivity contribution in [1.29, 1.82) is 0 Å². The van der Waals surface area contributed by atoms with Crippen LogP contribution in [0, 0.1) is 0 Å². The summed E-state index contributed by atoms with van der Waals surface area (Å²) < 4.78 is 0. The summed E-state index contributed by atoms with van der Waals surface area (Å²) in [7, 11) is 0.